The fraction of sp³-hybridized carbons (Fsp3) is 0.438. The molecule has 0 bridgehead atoms. The minimum Gasteiger partial charge on any atom is -0.482 e. The van der Waals surface area contributed by atoms with Crippen molar-refractivity contribution in [3.63, 3.8) is 0 Å². The molecule has 0 aromatic heterocycles. The van der Waals surface area contributed by atoms with E-state index in [1.54, 1.807) is 18.2 Å². The standard InChI is InChI=1S/C16H19NO6/c18-14(19)9-23-11-5-3-4-10(8-11)17-15(20)12-6-1-2-7-13(12)16(21)22/h3-5,8,12-13H,1-2,6-7,9H2,(H,17,20)(H,18,19)(H,21,22)/t12-,13-/m1/s1. The molecule has 1 fully saturated rings. The zero-order chi connectivity index (χ0) is 16.8. The maximum Gasteiger partial charge on any atom is 0.341 e. The van der Waals surface area contributed by atoms with Crippen molar-refractivity contribution in [2.75, 3.05) is 11.9 Å². The molecule has 7 nitrogen and oxygen atoms in total. The Morgan fingerprint density at radius 3 is 2.48 bits per heavy atom. The lowest BCUT2D eigenvalue weighted by atomic mass is 9.78. The summed E-state index contributed by atoms with van der Waals surface area (Å²) in [7, 11) is 0. The molecule has 0 spiro atoms. The molecule has 1 saturated carbocycles. The number of nitrogens with one attached hydrogen (secondary N) is 1. The van der Waals surface area contributed by atoms with Crippen molar-refractivity contribution in [1.82, 2.24) is 0 Å². The molecule has 2 atom stereocenters. The Morgan fingerprint density at radius 2 is 1.83 bits per heavy atom. The fourth-order valence-electron chi connectivity index (χ4n) is 2.78. The smallest absolute Gasteiger partial charge is 0.341 e. The van der Waals surface area contributed by atoms with Crippen LogP contribution in [0.1, 0.15) is 25.7 Å². The van der Waals surface area contributed by atoms with Gasteiger partial charge in [0.05, 0.1) is 11.8 Å². The van der Waals surface area contributed by atoms with Gasteiger partial charge in [-0.3, -0.25) is 9.59 Å². The second-order valence-corrected chi connectivity index (χ2v) is 5.54. The highest BCUT2D eigenvalue weighted by atomic mass is 16.5. The van der Waals surface area contributed by atoms with E-state index in [2.05, 4.69) is 5.32 Å². The molecule has 1 amide bonds. The molecule has 0 aliphatic heterocycles. The molecular formula is C16H19NO6. The minimum absolute atomic E-state index is 0.323. The molecule has 1 aromatic rings. The summed E-state index contributed by atoms with van der Waals surface area (Å²) in [6, 6.07) is 6.37. The number of carbonyl (C=O) groups excluding carboxylic acids is 1. The summed E-state index contributed by atoms with van der Waals surface area (Å²) < 4.78 is 5.05. The predicted molar refractivity (Wildman–Crippen MR) is 81.3 cm³/mol. The molecule has 124 valence electrons. The highest BCUT2D eigenvalue weighted by molar-refractivity contribution is 5.95. The van der Waals surface area contributed by atoms with Crippen LogP contribution in [0.4, 0.5) is 5.69 Å². The van der Waals surface area contributed by atoms with E-state index in [-0.39, 0.29) is 5.91 Å². The first kappa shape index (κ1) is 16.8. The van der Waals surface area contributed by atoms with Crippen LogP contribution in [0.3, 0.4) is 0 Å². The molecule has 7 heteroatoms. The van der Waals surface area contributed by atoms with Crippen LogP contribution in [-0.2, 0) is 14.4 Å². The third kappa shape index (κ3) is 4.70. The van der Waals surface area contributed by atoms with Gasteiger partial charge in [-0.1, -0.05) is 18.9 Å². The van der Waals surface area contributed by atoms with Crippen LogP contribution in [-0.4, -0.2) is 34.7 Å². The summed E-state index contributed by atoms with van der Waals surface area (Å²) in [5.74, 6) is -3.24. The van der Waals surface area contributed by atoms with E-state index in [0.717, 1.165) is 12.8 Å². The van der Waals surface area contributed by atoms with E-state index in [1.807, 2.05) is 0 Å². The Hall–Kier alpha value is -2.57. The molecule has 1 aliphatic carbocycles. The van der Waals surface area contributed by atoms with Gasteiger partial charge >= 0.3 is 11.9 Å². The number of rotatable bonds is 6. The number of anilines is 1. The Labute approximate surface area is 133 Å². The lowest BCUT2D eigenvalue weighted by Gasteiger charge is -2.27. The number of carboxylic acids is 2. The van der Waals surface area contributed by atoms with Crippen molar-refractivity contribution in [2.24, 2.45) is 11.8 Å². The van der Waals surface area contributed by atoms with Crippen molar-refractivity contribution in [1.29, 1.82) is 0 Å². The maximum atomic E-state index is 12.4. The van der Waals surface area contributed by atoms with Crippen molar-refractivity contribution in [2.45, 2.75) is 25.7 Å². The number of aliphatic carboxylic acids is 2. The first-order chi connectivity index (χ1) is 11.0. The number of hydrogen-bond donors (Lipinski definition) is 3. The highest BCUT2D eigenvalue weighted by Gasteiger charge is 2.35. The van der Waals surface area contributed by atoms with Crippen molar-refractivity contribution in [3.8, 4) is 5.75 Å². The first-order valence-corrected chi connectivity index (χ1v) is 7.45. The Bertz CT molecular complexity index is 600. The van der Waals surface area contributed by atoms with Crippen LogP contribution in [0, 0.1) is 11.8 Å². The summed E-state index contributed by atoms with van der Waals surface area (Å²) in [6.45, 7) is -0.471. The van der Waals surface area contributed by atoms with Gasteiger partial charge in [0.25, 0.3) is 0 Å². The number of carbonyl (C=O) groups is 3. The monoisotopic (exact) mass is 321 g/mol. The predicted octanol–water partition coefficient (Wildman–Crippen LogP) is 1.98. The van der Waals surface area contributed by atoms with E-state index in [0.29, 0.717) is 24.3 Å². The molecule has 3 N–H and O–H groups in total. The van der Waals surface area contributed by atoms with Crippen LogP contribution in [0.25, 0.3) is 0 Å². The largest absolute Gasteiger partial charge is 0.482 e. The molecule has 2 rings (SSSR count). The van der Waals surface area contributed by atoms with Crippen LogP contribution in [0.15, 0.2) is 24.3 Å². The number of carboxylic acid groups (broad SMARTS) is 2. The average Bonchev–Trinajstić information content (AvgIpc) is 2.53. The number of amides is 1. The third-order valence-electron chi connectivity index (χ3n) is 3.88. The Balaban J connectivity index is 2.02. The van der Waals surface area contributed by atoms with E-state index >= 15 is 0 Å². The summed E-state index contributed by atoms with van der Waals surface area (Å²) >= 11 is 0. The lowest BCUT2D eigenvalue weighted by molar-refractivity contribution is -0.147. The highest BCUT2D eigenvalue weighted by Crippen LogP contribution is 2.31. The quantitative estimate of drug-likeness (QED) is 0.738. The third-order valence-corrected chi connectivity index (χ3v) is 3.88. The fourth-order valence-corrected chi connectivity index (χ4v) is 2.78. The van der Waals surface area contributed by atoms with Gasteiger partial charge in [0, 0.05) is 11.8 Å². The van der Waals surface area contributed by atoms with Gasteiger partial charge in [-0.2, -0.15) is 0 Å². The normalized spacial score (nSPS) is 20.5. The van der Waals surface area contributed by atoms with E-state index < -0.39 is 30.4 Å². The van der Waals surface area contributed by atoms with Crippen molar-refractivity contribution in [3.05, 3.63) is 24.3 Å². The Kier molecular flexibility index (Phi) is 5.56. The van der Waals surface area contributed by atoms with Gasteiger partial charge in [0.15, 0.2) is 6.61 Å². The van der Waals surface area contributed by atoms with Crippen molar-refractivity contribution >= 4 is 23.5 Å². The first-order valence-electron chi connectivity index (χ1n) is 7.45. The van der Waals surface area contributed by atoms with Gasteiger partial charge in [-0.15, -0.1) is 0 Å². The van der Waals surface area contributed by atoms with E-state index in [4.69, 9.17) is 9.84 Å². The zero-order valence-electron chi connectivity index (χ0n) is 12.5. The van der Waals surface area contributed by atoms with Crippen LogP contribution < -0.4 is 10.1 Å². The molecule has 1 aromatic carbocycles. The van der Waals surface area contributed by atoms with Crippen molar-refractivity contribution < 1.29 is 29.3 Å². The molecule has 0 saturated heterocycles. The summed E-state index contributed by atoms with van der Waals surface area (Å²) in [6.07, 6.45) is 2.72. The summed E-state index contributed by atoms with van der Waals surface area (Å²) in [4.78, 5) is 34.1. The number of benzene rings is 1. The van der Waals surface area contributed by atoms with Gasteiger partial charge in [-0.25, -0.2) is 4.79 Å². The van der Waals surface area contributed by atoms with E-state index in [9.17, 15) is 19.5 Å². The summed E-state index contributed by atoms with van der Waals surface area (Å²) in [5.41, 5.74) is 0.451. The Morgan fingerprint density at radius 1 is 1.13 bits per heavy atom. The summed E-state index contributed by atoms with van der Waals surface area (Å²) in [5, 5.41) is 20.5. The maximum absolute atomic E-state index is 12.4. The molecule has 1 aliphatic rings. The second kappa shape index (κ2) is 7.62. The van der Waals surface area contributed by atoms with Gasteiger partial charge in [0.1, 0.15) is 5.75 Å². The topological polar surface area (TPSA) is 113 Å². The van der Waals surface area contributed by atoms with Gasteiger partial charge < -0.3 is 20.3 Å². The average molecular weight is 321 g/mol. The van der Waals surface area contributed by atoms with Gasteiger partial charge in [0.2, 0.25) is 5.91 Å². The molecule has 23 heavy (non-hydrogen) atoms. The van der Waals surface area contributed by atoms with Crippen LogP contribution >= 0.6 is 0 Å². The number of hydrogen-bond acceptors (Lipinski definition) is 4. The van der Waals surface area contributed by atoms with Crippen LogP contribution in [0.2, 0.25) is 0 Å². The second-order valence-electron chi connectivity index (χ2n) is 5.54. The molecule has 0 radical (unpaired) electrons. The van der Waals surface area contributed by atoms with Crippen LogP contribution in [0.5, 0.6) is 5.75 Å². The molecule has 0 heterocycles. The minimum atomic E-state index is -1.09. The van der Waals surface area contributed by atoms with E-state index in [1.165, 1.54) is 6.07 Å². The SMILES string of the molecule is O=C(O)COc1cccc(NC(=O)[C@@H]2CCCC[C@H]2C(=O)O)c1. The lowest BCUT2D eigenvalue weighted by Crippen LogP contribution is -2.36. The zero-order valence-corrected chi connectivity index (χ0v) is 12.5. The van der Waals surface area contributed by atoms with Gasteiger partial charge in [-0.05, 0) is 25.0 Å². The number of ether oxygens (including phenoxy) is 1. The molecular weight excluding hydrogens is 302 g/mol. The molecule has 0 unspecified atom stereocenters.